The molecule has 0 bridgehead atoms. The van der Waals surface area contributed by atoms with Gasteiger partial charge in [-0.15, -0.1) is 0 Å². The van der Waals surface area contributed by atoms with E-state index in [1.54, 1.807) is 7.11 Å². The molecular formula is C17H26N2O. The monoisotopic (exact) mass is 274 g/mol. The zero-order chi connectivity index (χ0) is 13.9. The van der Waals surface area contributed by atoms with Gasteiger partial charge < -0.3 is 9.64 Å². The smallest absolute Gasteiger partial charge is 0.122 e. The Labute approximate surface area is 122 Å². The van der Waals surface area contributed by atoms with Gasteiger partial charge in [-0.25, -0.2) is 0 Å². The van der Waals surface area contributed by atoms with Crippen LogP contribution in [0.4, 0.5) is 0 Å². The quantitative estimate of drug-likeness (QED) is 0.824. The fourth-order valence-electron chi connectivity index (χ4n) is 3.74. The molecule has 0 amide bonds. The Morgan fingerprint density at radius 1 is 1.10 bits per heavy atom. The van der Waals surface area contributed by atoms with Gasteiger partial charge in [0.1, 0.15) is 5.75 Å². The second-order valence-corrected chi connectivity index (χ2v) is 6.13. The molecule has 1 aromatic rings. The summed E-state index contributed by atoms with van der Waals surface area (Å²) in [6, 6.07) is 7.17. The Kier molecular flexibility index (Phi) is 4.27. The third-order valence-corrected chi connectivity index (χ3v) is 4.85. The topological polar surface area (TPSA) is 15.7 Å². The molecule has 0 saturated carbocycles. The van der Waals surface area contributed by atoms with Crippen LogP contribution in [0.5, 0.6) is 5.75 Å². The van der Waals surface area contributed by atoms with E-state index >= 15 is 0 Å². The molecule has 1 saturated heterocycles. The van der Waals surface area contributed by atoms with Crippen LogP contribution in [0.15, 0.2) is 18.2 Å². The average Bonchev–Trinajstić information content (AvgIpc) is 2.70. The first-order chi connectivity index (χ1) is 9.79. The van der Waals surface area contributed by atoms with Gasteiger partial charge in [0.2, 0.25) is 0 Å². The number of likely N-dealkylation sites (N-methyl/N-ethyl adjacent to an activating group) is 1. The lowest BCUT2D eigenvalue weighted by molar-refractivity contribution is 0.184. The predicted molar refractivity (Wildman–Crippen MR) is 82.4 cm³/mol. The van der Waals surface area contributed by atoms with Gasteiger partial charge in [0, 0.05) is 25.7 Å². The van der Waals surface area contributed by atoms with Gasteiger partial charge >= 0.3 is 0 Å². The van der Waals surface area contributed by atoms with Crippen LogP contribution in [0.25, 0.3) is 0 Å². The van der Waals surface area contributed by atoms with E-state index < -0.39 is 0 Å². The number of fused-ring (bicyclic) bond motifs is 1. The van der Waals surface area contributed by atoms with Crippen molar-refractivity contribution < 1.29 is 4.74 Å². The largest absolute Gasteiger partial charge is 0.496 e. The van der Waals surface area contributed by atoms with Crippen molar-refractivity contribution >= 4 is 0 Å². The van der Waals surface area contributed by atoms with E-state index in [2.05, 4.69) is 35.0 Å². The molecule has 110 valence electrons. The fourth-order valence-corrected chi connectivity index (χ4v) is 3.74. The van der Waals surface area contributed by atoms with E-state index in [0.29, 0.717) is 6.04 Å². The van der Waals surface area contributed by atoms with Gasteiger partial charge in [-0.05, 0) is 56.5 Å². The van der Waals surface area contributed by atoms with Crippen molar-refractivity contribution in [2.45, 2.75) is 31.7 Å². The highest BCUT2D eigenvalue weighted by molar-refractivity contribution is 5.43. The number of rotatable bonds is 2. The van der Waals surface area contributed by atoms with Crippen molar-refractivity contribution in [2.75, 3.05) is 40.3 Å². The molecule has 0 spiro atoms. The SMILES string of the molecule is COc1cccc2c1CCC[C@@H]2N1CCCN(C)CC1. The van der Waals surface area contributed by atoms with Crippen LogP contribution in [0.2, 0.25) is 0 Å². The van der Waals surface area contributed by atoms with E-state index in [9.17, 15) is 0 Å². The van der Waals surface area contributed by atoms with Gasteiger partial charge in [0.25, 0.3) is 0 Å². The summed E-state index contributed by atoms with van der Waals surface area (Å²) in [5.41, 5.74) is 2.96. The Morgan fingerprint density at radius 2 is 2.00 bits per heavy atom. The molecule has 0 N–H and O–H groups in total. The maximum Gasteiger partial charge on any atom is 0.122 e. The van der Waals surface area contributed by atoms with Crippen LogP contribution in [0.3, 0.4) is 0 Å². The lowest BCUT2D eigenvalue weighted by atomic mass is 9.86. The van der Waals surface area contributed by atoms with Crippen molar-refractivity contribution in [1.82, 2.24) is 9.80 Å². The number of benzene rings is 1. The highest BCUT2D eigenvalue weighted by Crippen LogP contribution is 2.38. The highest BCUT2D eigenvalue weighted by atomic mass is 16.5. The second-order valence-electron chi connectivity index (χ2n) is 6.13. The third kappa shape index (κ3) is 2.70. The Bertz CT molecular complexity index is 460. The number of ether oxygens (including phenoxy) is 1. The number of hydrogen-bond donors (Lipinski definition) is 0. The standard InChI is InChI=1S/C17H26N2O/c1-18-10-5-11-19(13-12-18)16-8-3-7-15-14(16)6-4-9-17(15)20-2/h4,6,9,16H,3,5,7-8,10-13H2,1-2H3/t16-/m0/s1. The van der Waals surface area contributed by atoms with E-state index in [4.69, 9.17) is 4.74 Å². The minimum atomic E-state index is 0.598. The van der Waals surface area contributed by atoms with E-state index in [1.165, 1.54) is 63.0 Å². The molecule has 1 atom stereocenters. The highest BCUT2D eigenvalue weighted by Gasteiger charge is 2.28. The van der Waals surface area contributed by atoms with Gasteiger partial charge in [0.05, 0.1) is 7.11 Å². The molecule has 1 aliphatic carbocycles. The Morgan fingerprint density at radius 3 is 2.85 bits per heavy atom. The van der Waals surface area contributed by atoms with Crippen molar-refractivity contribution in [2.24, 2.45) is 0 Å². The second kappa shape index (κ2) is 6.15. The van der Waals surface area contributed by atoms with Crippen LogP contribution in [0, 0.1) is 0 Å². The van der Waals surface area contributed by atoms with Crippen molar-refractivity contribution in [1.29, 1.82) is 0 Å². The van der Waals surface area contributed by atoms with E-state index in [-0.39, 0.29) is 0 Å². The molecule has 1 aliphatic heterocycles. The van der Waals surface area contributed by atoms with Gasteiger partial charge in [-0.2, -0.15) is 0 Å². The molecule has 3 nitrogen and oxygen atoms in total. The lowest BCUT2D eigenvalue weighted by Gasteiger charge is -2.35. The van der Waals surface area contributed by atoms with Gasteiger partial charge in [-0.1, -0.05) is 12.1 Å². The molecule has 2 aliphatic rings. The van der Waals surface area contributed by atoms with Crippen LogP contribution in [0.1, 0.15) is 36.4 Å². The first-order valence-corrected chi connectivity index (χ1v) is 7.88. The molecule has 0 aromatic heterocycles. The van der Waals surface area contributed by atoms with Gasteiger partial charge in [-0.3, -0.25) is 4.90 Å². The van der Waals surface area contributed by atoms with Crippen LogP contribution >= 0.6 is 0 Å². The van der Waals surface area contributed by atoms with Crippen LogP contribution in [-0.4, -0.2) is 50.1 Å². The summed E-state index contributed by atoms with van der Waals surface area (Å²) < 4.78 is 5.56. The molecule has 3 rings (SSSR count). The van der Waals surface area contributed by atoms with Crippen molar-refractivity contribution in [3.05, 3.63) is 29.3 Å². The first kappa shape index (κ1) is 13.9. The maximum absolute atomic E-state index is 5.56. The summed E-state index contributed by atoms with van der Waals surface area (Å²) in [5, 5.41) is 0. The maximum atomic E-state index is 5.56. The minimum absolute atomic E-state index is 0.598. The molecule has 1 aromatic carbocycles. The normalized spacial score (nSPS) is 25.0. The number of methoxy groups -OCH3 is 1. The van der Waals surface area contributed by atoms with Crippen molar-refractivity contribution in [3.63, 3.8) is 0 Å². The molecular weight excluding hydrogens is 248 g/mol. The molecule has 20 heavy (non-hydrogen) atoms. The van der Waals surface area contributed by atoms with Crippen LogP contribution < -0.4 is 4.74 Å². The lowest BCUT2D eigenvalue weighted by Crippen LogP contribution is -2.34. The van der Waals surface area contributed by atoms with Crippen LogP contribution in [-0.2, 0) is 6.42 Å². The van der Waals surface area contributed by atoms with E-state index in [0.717, 1.165) is 5.75 Å². The summed E-state index contributed by atoms with van der Waals surface area (Å²) in [4.78, 5) is 5.15. The zero-order valence-corrected chi connectivity index (χ0v) is 12.8. The number of nitrogens with zero attached hydrogens (tertiary/aromatic N) is 2. The fraction of sp³-hybridized carbons (Fsp3) is 0.647. The predicted octanol–water partition coefficient (Wildman–Crippen LogP) is 2.71. The first-order valence-electron chi connectivity index (χ1n) is 7.88. The number of hydrogen-bond acceptors (Lipinski definition) is 3. The molecule has 3 heteroatoms. The Balaban J connectivity index is 1.86. The van der Waals surface area contributed by atoms with Crippen molar-refractivity contribution in [3.8, 4) is 5.75 Å². The summed E-state index contributed by atoms with van der Waals surface area (Å²) in [5.74, 6) is 1.08. The summed E-state index contributed by atoms with van der Waals surface area (Å²) in [7, 11) is 4.03. The molecule has 0 unspecified atom stereocenters. The van der Waals surface area contributed by atoms with E-state index in [1.807, 2.05) is 0 Å². The minimum Gasteiger partial charge on any atom is -0.496 e. The third-order valence-electron chi connectivity index (χ3n) is 4.85. The summed E-state index contributed by atoms with van der Waals surface area (Å²) >= 11 is 0. The molecule has 0 radical (unpaired) electrons. The Hall–Kier alpha value is -1.06. The summed E-state index contributed by atoms with van der Waals surface area (Å²) in [6.07, 6.45) is 5.03. The molecule has 1 heterocycles. The average molecular weight is 274 g/mol. The molecule has 1 fully saturated rings. The summed E-state index contributed by atoms with van der Waals surface area (Å²) in [6.45, 7) is 4.84. The van der Waals surface area contributed by atoms with Gasteiger partial charge in [0.15, 0.2) is 0 Å². The zero-order valence-electron chi connectivity index (χ0n) is 12.8.